The van der Waals surface area contributed by atoms with Gasteiger partial charge in [0.05, 0.1) is 5.69 Å². The maximum absolute atomic E-state index is 12.3. The van der Waals surface area contributed by atoms with Crippen LogP contribution >= 0.6 is 0 Å². The number of amides is 1. The van der Waals surface area contributed by atoms with Crippen LogP contribution < -0.4 is 5.73 Å². The molecule has 2 aromatic rings. The molecule has 2 N–H and O–H groups in total. The SMILES string of the molecule is Nc1ccc(-n2ccc(C(=O)N3CCS(=O)CC3)n2)cc1. The van der Waals surface area contributed by atoms with Crippen molar-refractivity contribution in [3.05, 3.63) is 42.2 Å². The van der Waals surface area contributed by atoms with Gasteiger partial charge in [-0.1, -0.05) is 0 Å². The second-order valence-corrected chi connectivity index (χ2v) is 6.57. The van der Waals surface area contributed by atoms with Gasteiger partial charge in [0, 0.05) is 47.3 Å². The van der Waals surface area contributed by atoms with E-state index in [0.717, 1.165) is 5.69 Å². The maximum atomic E-state index is 12.3. The number of carbonyl (C=O) groups is 1. The van der Waals surface area contributed by atoms with Gasteiger partial charge in [-0.3, -0.25) is 9.00 Å². The standard InChI is InChI=1S/C14H16N4O2S/c15-11-1-3-12(4-2-11)18-6-5-13(16-18)14(19)17-7-9-21(20)10-8-17/h1-6H,7-10,15H2. The van der Waals surface area contributed by atoms with Crippen molar-refractivity contribution in [2.75, 3.05) is 30.3 Å². The number of nitrogen functional groups attached to an aromatic ring is 1. The Bertz CT molecular complexity index is 671. The lowest BCUT2D eigenvalue weighted by molar-refractivity contribution is 0.0765. The molecule has 1 fully saturated rings. The summed E-state index contributed by atoms with van der Waals surface area (Å²) in [5, 5.41) is 4.31. The number of rotatable bonds is 2. The summed E-state index contributed by atoms with van der Waals surface area (Å²) in [7, 11) is -0.792. The molecule has 6 nitrogen and oxygen atoms in total. The molecule has 1 amide bonds. The van der Waals surface area contributed by atoms with Crippen LogP contribution in [0.2, 0.25) is 0 Å². The monoisotopic (exact) mass is 304 g/mol. The molecule has 0 spiro atoms. The van der Waals surface area contributed by atoms with Gasteiger partial charge in [-0.2, -0.15) is 5.10 Å². The zero-order valence-electron chi connectivity index (χ0n) is 11.4. The van der Waals surface area contributed by atoms with Gasteiger partial charge in [-0.15, -0.1) is 0 Å². The molecule has 0 unspecified atom stereocenters. The van der Waals surface area contributed by atoms with Gasteiger partial charge >= 0.3 is 0 Å². The highest BCUT2D eigenvalue weighted by atomic mass is 32.2. The van der Waals surface area contributed by atoms with E-state index in [1.165, 1.54) is 0 Å². The van der Waals surface area contributed by atoms with Gasteiger partial charge in [0.2, 0.25) is 0 Å². The average Bonchev–Trinajstić information content (AvgIpc) is 2.98. The molecule has 21 heavy (non-hydrogen) atoms. The van der Waals surface area contributed by atoms with Crippen LogP contribution in [0.4, 0.5) is 5.69 Å². The fourth-order valence-electron chi connectivity index (χ4n) is 2.21. The molecule has 0 aliphatic carbocycles. The third-order valence-electron chi connectivity index (χ3n) is 3.43. The zero-order valence-corrected chi connectivity index (χ0v) is 12.3. The van der Waals surface area contributed by atoms with E-state index in [1.807, 2.05) is 12.1 Å². The molecule has 0 saturated carbocycles. The van der Waals surface area contributed by atoms with E-state index in [2.05, 4.69) is 5.10 Å². The van der Waals surface area contributed by atoms with Gasteiger partial charge in [0.1, 0.15) is 0 Å². The minimum Gasteiger partial charge on any atom is -0.399 e. The number of benzene rings is 1. The van der Waals surface area contributed by atoms with Crippen molar-refractivity contribution in [1.29, 1.82) is 0 Å². The van der Waals surface area contributed by atoms with Crippen molar-refractivity contribution in [2.45, 2.75) is 0 Å². The van der Waals surface area contributed by atoms with Crippen molar-refractivity contribution in [3.63, 3.8) is 0 Å². The third-order valence-corrected chi connectivity index (χ3v) is 4.71. The van der Waals surface area contributed by atoms with Crippen LogP contribution in [0.25, 0.3) is 5.69 Å². The minimum absolute atomic E-state index is 0.110. The highest BCUT2D eigenvalue weighted by Gasteiger charge is 2.22. The quantitative estimate of drug-likeness (QED) is 0.826. The molecule has 0 radical (unpaired) electrons. The van der Waals surface area contributed by atoms with Crippen LogP contribution in [0.3, 0.4) is 0 Å². The topological polar surface area (TPSA) is 81.2 Å². The normalized spacial score (nSPS) is 16.1. The summed E-state index contributed by atoms with van der Waals surface area (Å²) in [6, 6.07) is 8.97. The molecule has 0 atom stereocenters. The first-order valence-electron chi connectivity index (χ1n) is 6.69. The Morgan fingerprint density at radius 2 is 1.81 bits per heavy atom. The van der Waals surface area contributed by atoms with Gasteiger partial charge in [-0.05, 0) is 30.3 Å². The fourth-order valence-corrected chi connectivity index (χ4v) is 3.26. The number of hydrogen-bond donors (Lipinski definition) is 1. The van der Waals surface area contributed by atoms with E-state index in [1.54, 1.807) is 34.0 Å². The third kappa shape index (κ3) is 2.97. The molecular weight excluding hydrogens is 288 g/mol. The molecule has 1 aliphatic rings. The van der Waals surface area contributed by atoms with Gasteiger partial charge in [0.15, 0.2) is 5.69 Å². The molecule has 0 bridgehead atoms. The number of hydrogen-bond acceptors (Lipinski definition) is 4. The zero-order chi connectivity index (χ0) is 14.8. The molecule has 1 aromatic carbocycles. The Hall–Kier alpha value is -2.15. The van der Waals surface area contributed by atoms with E-state index < -0.39 is 10.8 Å². The lowest BCUT2D eigenvalue weighted by Gasteiger charge is -2.25. The second-order valence-electron chi connectivity index (χ2n) is 4.88. The summed E-state index contributed by atoms with van der Waals surface area (Å²) in [5.41, 5.74) is 7.59. The fraction of sp³-hybridized carbons (Fsp3) is 0.286. The van der Waals surface area contributed by atoms with Crippen LogP contribution in [0, 0.1) is 0 Å². The van der Waals surface area contributed by atoms with Crippen LogP contribution in [-0.2, 0) is 10.8 Å². The molecular formula is C14H16N4O2S. The minimum atomic E-state index is -0.792. The molecule has 3 rings (SSSR count). The predicted octanol–water partition coefficient (Wildman–Crippen LogP) is 0.659. The number of nitrogens with two attached hydrogens (primary N) is 1. The average molecular weight is 304 g/mol. The lowest BCUT2D eigenvalue weighted by atomic mass is 10.3. The first kappa shape index (κ1) is 13.8. The number of anilines is 1. The van der Waals surface area contributed by atoms with E-state index >= 15 is 0 Å². The first-order chi connectivity index (χ1) is 10.1. The van der Waals surface area contributed by atoms with E-state index in [-0.39, 0.29) is 5.91 Å². The Morgan fingerprint density at radius 1 is 1.14 bits per heavy atom. The van der Waals surface area contributed by atoms with Crippen molar-refractivity contribution in [2.24, 2.45) is 0 Å². The Morgan fingerprint density at radius 3 is 2.48 bits per heavy atom. The summed E-state index contributed by atoms with van der Waals surface area (Å²) in [6.45, 7) is 1.06. The molecule has 1 aromatic heterocycles. The number of carbonyl (C=O) groups excluding carboxylic acids is 1. The Balaban J connectivity index is 1.76. The van der Waals surface area contributed by atoms with Crippen LogP contribution in [0.15, 0.2) is 36.5 Å². The molecule has 1 aliphatic heterocycles. The summed E-state index contributed by atoms with van der Waals surface area (Å²) in [6.07, 6.45) is 1.75. The van der Waals surface area contributed by atoms with Crippen molar-refractivity contribution < 1.29 is 9.00 Å². The van der Waals surface area contributed by atoms with Crippen LogP contribution in [0.5, 0.6) is 0 Å². The molecule has 2 heterocycles. The van der Waals surface area contributed by atoms with Crippen molar-refractivity contribution >= 4 is 22.4 Å². The summed E-state index contributed by atoms with van der Waals surface area (Å²) in [4.78, 5) is 14.0. The van der Waals surface area contributed by atoms with E-state index in [4.69, 9.17) is 5.73 Å². The van der Waals surface area contributed by atoms with E-state index in [9.17, 15) is 9.00 Å². The maximum Gasteiger partial charge on any atom is 0.274 e. The summed E-state index contributed by atoms with van der Waals surface area (Å²) in [5.74, 6) is 0.982. The van der Waals surface area contributed by atoms with E-state index in [0.29, 0.717) is 36.0 Å². The first-order valence-corrected chi connectivity index (χ1v) is 8.18. The molecule has 7 heteroatoms. The lowest BCUT2D eigenvalue weighted by Crippen LogP contribution is -2.42. The molecule has 1 saturated heterocycles. The highest BCUT2D eigenvalue weighted by Crippen LogP contribution is 2.12. The van der Waals surface area contributed by atoms with Gasteiger partial charge in [-0.25, -0.2) is 4.68 Å². The largest absolute Gasteiger partial charge is 0.399 e. The number of aromatic nitrogens is 2. The second kappa shape index (κ2) is 5.69. The predicted molar refractivity (Wildman–Crippen MR) is 81.8 cm³/mol. The Labute approximate surface area is 125 Å². The smallest absolute Gasteiger partial charge is 0.274 e. The van der Waals surface area contributed by atoms with Gasteiger partial charge < -0.3 is 10.6 Å². The Kier molecular flexibility index (Phi) is 3.74. The van der Waals surface area contributed by atoms with Crippen LogP contribution in [0.1, 0.15) is 10.5 Å². The summed E-state index contributed by atoms with van der Waals surface area (Å²) >= 11 is 0. The van der Waals surface area contributed by atoms with Crippen LogP contribution in [-0.4, -0.2) is 49.4 Å². The van der Waals surface area contributed by atoms with Crippen molar-refractivity contribution in [1.82, 2.24) is 14.7 Å². The van der Waals surface area contributed by atoms with Crippen molar-refractivity contribution in [3.8, 4) is 5.69 Å². The summed E-state index contributed by atoms with van der Waals surface area (Å²) < 4.78 is 13.0. The molecule has 110 valence electrons. The highest BCUT2D eigenvalue weighted by molar-refractivity contribution is 7.85. The number of nitrogens with zero attached hydrogens (tertiary/aromatic N) is 3. The van der Waals surface area contributed by atoms with Gasteiger partial charge in [0.25, 0.3) is 5.91 Å².